The van der Waals surface area contributed by atoms with Crippen molar-refractivity contribution < 1.29 is 4.79 Å². The molecule has 0 spiro atoms. The lowest BCUT2D eigenvalue weighted by Gasteiger charge is -2.06. The van der Waals surface area contributed by atoms with E-state index in [1.54, 1.807) is 25.4 Å². The fourth-order valence-electron chi connectivity index (χ4n) is 1.79. The summed E-state index contributed by atoms with van der Waals surface area (Å²) >= 11 is 0. The molecule has 6 nitrogen and oxygen atoms in total. The van der Waals surface area contributed by atoms with Crippen LogP contribution in [0.1, 0.15) is 23.3 Å². The molecule has 0 unspecified atom stereocenters. The Kier molecular flexibility index (Phi) is 2.36. The number of hydrogen-bond acceptors (Lipinski definition) is 4. The molecule has 1 amide bonds. The molecule has 2 heterocycles. The fraction of sp³-hybridized carbons (Fsp3) is 0.333. The summed E-state index contributed by atoms with van der Waals surface area (Å²) in [5, 5.41) is 2.77. The third-order valence-corrected chi connectivity index (χ3v) is 2.95. The van der Waals surface area contributed by atoms with E-state index in [-0.39, 0.29) is 11.7 Å². The van der Waals surface area contributed by atoms with Gasteiger partial charge in [0.1, 0.15) is 5.52 Å². The summed E-state index contributed by atoms with van der Waals surface area (Å²) in [7, 11) is 1.59. The second-order valence-corrected chi connectivity index (χ2v) is 4.42. The van der Waals surface area contributed by atoms with Crippen LogP contribution < -0.4 is 10.9 Å². The molecule has 0 radical (unpaired) electrons. The number of nitrogens with one attached hydrogen (secondary N) is 1. The van der Waals surface area contributed by atoms with E-state index in [2.05, 4.69) is 15.3 Å². The van der Waals surface area contributed by atoms with Crippen LogP contribution in [-0.4, -0.2) is 26.5 Å². The first kappa shape index (κ1) is 10.9. The van der Waals surface area contributed by atoms with Crippen molar-refractivity contribution in [3.8, 4) is 0 Å². The highest BCUT2D eigenvalue weighted by atomic mass is 16.2. The molecule has 1 N–H and O–H groups in total. The Labute approximate surface area is 103 Å². The molecule has 1 saturated carbocycles. The van der Waals surface area contributed by atoms with Crippen LogP contribution in [0.25, 0.3) is 11.2 Å². The Balaban J connectivity index is 2.14. The average molecular weight is 244 g/mol. The lowest BCUT2D eigenvalue weighted by atomic mass is 10.3. The molecule has 1 aliphatic rings. The standard InChI is InChI=1S/C12H12N4O2/c1-16-10-8(3-2-6-13-10)15-9(12(16)18)11(17)14-7-4-5-7/h2-3,6-7H,4-5H2,1H3,(H,14,17). The van der Waals surface area contributed by atoms with Crippen molar-refractivity contribution in [1.29, 1.82) is 0 Å². The van der Waals surface area contributed by atoms with Gasteiger partial charge in [0.05, 0.1) is 0 Å². The van der Waals surface area contributed by atoms with Crippen molar-refractivity contribution in [3.63, 3.8) is 0 Å². The van der Waals surface area contributed by atoms with Crippen LogP contribution >= 0.6 is 0 Å². The van der Waals surface area contributed by atoms with Gasteiger partial charge in [0.2, 0.25) is 0 Å². The lowest BCUT2D eigenvalue weighted by Crippen LogP contribution is -2.35. The largest absolute Gasteiger partial charge is 0.348 e. The molecule has 1 fully saturated rings. The van der Waals surface area contributed by atoms with Gasteiger partial charge in [-0.1, -0.05) is 0 Å². The van der Waals surface area contributed by atoms with Gasteiger partial charge in [0.15, 0.2) is 11.3 Å². The van der Waals surface area contributed by atoms with E-state index < -0.39 is 11.5 Å². The number of fused-ring (bicyclic) bond motifs is 1. The van der Waals surface area contributed by atoms with E-state index in [0.717, 1.165) is 12.8 Å². The number of pyridine rings is 1. The molecule has 0 aromatic carbocycles. The van der Waals surface area contributed by atoms with E-state index in [4.69, 9.17) is 0 Å². The summed E-state index contributed by atoms with van der Waals surface area (Å²) in [5.74, 6) is -0.399. The van der Waals surface area contributed by atoms with Crippen LogP contribution in [0.5, 0.6) is 0 Å². The number of rotatable bonds is 2. The normalized spacial score (nSPS) is 14.7. The van der Waals surface area contributed by atoms with Crippen molar-refractivity contribution in [3.05, 3.63) is 34.4 Å². The van der Waals surface area contributed by atoms with Gasteiger partial charge in [-0.05, 0) is 25.0 Å². The van der Waals surface area contributed by atoms with Crippen LogP contribution in [0.15, 0.2) is 23.1 Å². The van der Waals surface area contributed by atoms with Gasteiger partial charge in [-0.15, -0.1) is 0 Å². The van der Waals surface area contributed by atoms with Crippen molar-refractivity contribution in [2.75, 3.05) is 0 Å². The van der Waals surface area contributed by atoms with Gasteiger partial charge >= 0.3 is 0 Å². The Hall–Kier alpha value is -2.24. The van der Waals surface area contributed by atoms with E-state index in [0.29, 0.717) is 11.2 Å². The number of nitrogens with zero attached hydrogens (tertiary/aromatic N) is 3. The number of carbonyl (C=O) groups excluding carboxylic acids is 1. The maximum atomic E-state index is 12.0. The van der Waals surface area contributed by atoms with E-state index in [1.165, 1.54) is 4.57 Å². The predicted molar refractivity (Wildman–Crippen MR) is 65.3 cm³/mol. The predicted octanol–water partition coefficient (Wildman–Crippen LogP) is 0.221. The smallest absolute Gasteiger partial charge is 0.283 e. The number of aromatic nitrogens is 3. The summed E-state index contributed by atoms with van der Waals surface area (Å²) in [4.78, 5) is 32.1. The minimum atomic E-state index is -0.417. The van der Waals surface area contributed by atoms with Crippen LogP contribution in [0.2, 0.25) is 0 Å². The quantitative estimate of drug-likeness (QED) is 0.819. The van der Waals surface area contributed by atoms with Gasteiger partial charge < -0.3 is 5.32 Å². The zero-order valence-electron chi connectivity index (χ0n) is 9.88. The maximum Gasteiger partial charge on any atom is 0.283 e. The first-order valence-electron chi connectivity index (χ1n) is 5.79. The van der Waals surface area contributed by atoms with Crippen LogP contribution in [0.3, 0.4) is 0 Å². The molecule has 2 aromatic heterocycles. The average Bonchev–Trinajstić information content (AvgIpc) is 3.17. The molecule has 92 valence electrons. The van der Waals surface area contributed by atoms with Crippen molar-refractivity contribution in [2.24, 2.45) is 7.05 Å². The third-order valence-electron chi connectivity index (χ3n) is 2.95. The van der Waals surface area contributed by atoms with Gasteiger partial charge in [0, 0.05) is 19.3 Å². The van der Waals surface area contributed by atoms with E-state index in [1.807, 2.05) is 0 Å². The van der Waals surface area contributed by atoms with Gasteiger partial charge in [-0.2, -0.15) is 0 Å². The number of carbonyl (C=O) groups is 1. The monoisotopic (exact) mass is 244 g/mol. The first-order valence-corrected chi connectivity index (χ1v) is 5.79. The number of amides is 1. The fourth-order valence-corrected chi connectivity index (χ4v) is 1.79. The van der Waals surface area contributed by atoms with Crippen molar-refractivity contribution >= 4 is 17.1 Å². The third kappa shape index (κ3) is 1.75. The summed E-state index contributed by atoms with van der Waals surface area (Å²) in [5.41, 5.74) is 0.537. The van der Waals surface area contributed by atoms with Gasteiger partial charge in [-0.25, -0.2) is 9.97 Å². The van der Waals surface area contributed by atoms with Crippen molar-refractivity contribution in [2.45, 2.75) is 18.9 Å². The van der Waals surface area contributed by atoms with Crippen molar-refractivity contribution in [1.82, 2.24) is 19.9 Å². The summed E-state index contributed by atoms with van der Waals surface area (Å²) in [6.45, 7) is 0. The molecule has 1 aliphatic carbocycles. The van der Waals surface area contributed by atoms with E-state index >= 15 is 0 Å². The molecule has 6 heteroatoms. The van der Waals surface area contributed by atoms with E-state index in [9.17, 15) is 9.59 Å². The number of aryl methyl sites for hydroxylation is 1. The molecule has 3 rings (SSSR count). The second-order valence-electron chi connectivity index (χ2n) is 4.42. The summed E-state index contributed by atoms with van der Waals surface area (Å²) in [6.07, 6.45) is 3.54. The molecule has 0 saturated heterocycles. The zero-order valence-corrected chi connectivity index (χ0v) is 9.88. The highest BCUT2D eigenvalue weighted by molar-refractivity contribution is 5.93. The lowest BCUT2D eigenvalue weighted by molar-refractivity contribution is 0.0944. The Morgan fingerprint density at radius 2 is 2.28 bits per heavy atom. The Morgan fingerprint density at radius 1 is 1.50 bits per heavy atom. The minimum absolute atomic E-state index is 0.0649. The molecule has 0 aliphatic heterocycles. The maximum absolute atomic E-state index is 12.0. The molecular formula is C12H12N4O2. The van der Waals surface area contributed by atoms with Gasteiger partial charge in [0.25, 0.3) is 11.5 Å². The second kappa shape index (κ2) is 3.90. The highest BCUT2D eigenvalue weighted by Crippen LogP contribution is 2.18. The summed E-state index contributed by atoms with van der Waals surface area (Å²) < 4.78 is 1.35. The summed E-state index contributed by atoms with van der Waals surface area (Å²) in [6, 6.07) is 3.66. The number of hydrogen-bond donors (Lipinski definition) is 1. The van der Waals surface area contributed by atoms with Gasteiger partial charge in [-0.3, -0.25) is 14.2 Å². The van der Waals surface area contributed by atoms with Crippen LogP contribution in [-0.2, 0) is 7.05 Å². The molecule has 18 heavy (non-hydrogen) atoms. The Morgan fingerprint density at radius 3 is 3.00 bits per heavy atom. The zero-order chi connectivity index (χ0) is 12.7. The Bertz CT molecular complexity index is 688. The molecular weight excluding hydrogens is 232 g/mol. The highest BCUT2D eigenvalue weighted by Gasteiger charge is 2.26. The van der Waals surface area contributed by atoms with Crippen LogP contribution in [0.4, 0.5) is 0 Å². The van der Waals surface area contributed by atoms with Crippen LogP contribution in [0, 0.1) is 0 Å². The minimum Gasteiger partial charge on any atom is -0.348 e. The SMILES string of the molecule is Cn1c(=O)c(C(=O)NC2CC2)nc2cccnc21. The molecule has 2 aromatic rings. The first-order chi connectivity index (χ1) is 8.66. The molecule has 0 bridgehead atoms. The molecule has 0 atom stereocenters. The topological polar surface area (TPSA) is 76.9 Å².